The molecule has 0 bridgehead atoms. The van der Waals surface area contributed by atoms with Crippen LogP contribution in [0.5, 0.6) is 0 Å². The highest BCUT2D eigenvalue weighted by Gasteiger charge is 2.22. The molecule has 0 fully saturated rings. The molecule has 11 heteroatoms. The summed E-state index contributed by atoms with van der Waals surface area (Å²) in [7, 11) is 4.76. The van der Waals surface area contributed by atoms with E-state index in [0.29, 0.717) is 5.56 Å². The molecule has 0 saturated heterocycles. The normalized spacial score (nSPS) is 10.6. The largest absolute Gasteiger partial charge is 0.460 e. The van der Waals surface area contributed by atoms with Crippen molar-refractivity contribution in [1.29, 1.82) is 5.26 Å². The lowest BCUT2D eigenvalue weighted by molar-refractivity contribution is -0.143. The summed E-state index contributed by atoms with van der Waals surface area (Å²) >= 11 is 0. The highest BCUT2D eigenvalue weighted by Crippen LogP contribution is 2.32. The Morgan fingerprint density at radius 3 is 2.66 bits per heavy atom. The number of aromatic nitrogens is 2. The molecule has 2 heterocycles. The van der Waals surface area contributed by atoms with Gasteiger partial charge in [-0.15, -0.1) is 0 Å². The number of esters is 1. The first kappa shape index (κ1) is 26.1. The molecule has 0 unspecified atom stereocenters. The molecule has 1 N–H and O–H groups in total. The first-order valence-electron chi connectivity index (χ1n) is 11.7. The lowest BCUT2D eigenvalue weighted by Crippen LogP contribution is -2.33. The zero-order valence-corrected chi connectivity index (χ0v) is 21.2. The van der Waals surface area contributed by atoms with Gasteiger partial charge in [0.2, 0.25) is 17.5 Å². The molecule has 194 valence electrons. The Bertz CT molecular complexity index is 1490. The average Bonchev–Trinajstić information content (AvgIpc) is 3.39. The maximum atomic E-state index is 12.8. The summed E-state index contributed by atoms with van der Waals surface area (Å²) in [5.41, 5.74) is 1.34. The Hall–Kier alpha value is -4.95. The molecule has 0 aliphatic rings. The third-order valence-corrected chi connectivity index (χ3v) is 5.63. The van der Waals surface area contributed by atoms with Gasteiger partial charge in [-0.2, -0.15) is 10.2 Å². The monoisotopic (exact) mass is 514 g/mol. The standard InChI is InChI=1S/C27H26N6O5/c1-29-15-23(34)36-16-19-10-7-13-30-24(19)33(3)27(35)37-17-32(2)26-22(14-28)31-25(38-26)21-12-6-9-18-8-4-5-11-20(18)21/h4-13,29H,15-17H2,1-3H3. The minimum absolute atomic E-state index is 0.0538. The van der Waals surface area contributed by atoms with Crippen molar-refractivity contribution < 1.29 is 23.5 Å². The summed E-state index contributed by atoms with van der Waals surface area (Å²) in [5, 5.41) is 14.3. The van der Waals surface area contributed by atoms with Crippen molar-refractivity contribution in [2.75, 3.05) is 44.2 Å². The van der Waals surface area contributed by atoms with Crippen molar-refractivity contribution in [1.82, 2.24) is 15.3 Å². The van der Waals surface area contributed by atoms with Crippen molar-refractivity contribution in [3.05, 3.63) is 72.1 Å². The van der Waals surface area contributed by atoms with Crippen LogP contribution in [0.25, 0.3) is 22.2 Å². The minimum Gasteiger partial charge on any atom is -0.460 e. The first-order chi connectivity index (χ1) is 18.4. The molecular weight excluding hydrogens is 488 g/mol. The maximum Gasteiger partial charge on any atom is 0.416 e. The smallest absolute Gasteiger partial charge is 0.416 e. The first-order valence-corrected chi connectivity index (χ1v) is 11.7. The predicted octanol–water partition coefficient (Wildman–Crippen LogP) is 3.69. The topological polar surface area (TPSA) is 134 Å². The number of benzene rings is 2. The molecule has 2 aromatic heterocycles. The Morgan fingerprint density at radius 2 is 1.87 bits per heavy atom. The number of nitrogens with zero attached hydrogens (tertiary/aromatic N) is 5. The number of hydrogen-bond acceptors (Lipinski definition) is 10. The van der Waals surface area contributed by atoms with Crippen molar-refractivity contribution >= 4 is 34.5 Å². The van der Waals surface area contributed by atoms with Gasteiger partial charge in [-0.1, -0.05) is 42.5 Å². The fourth-order valence-electron chi connectivity index (χ4n) is 3.76. The molecule has 0 aliphatic carbocycles. The lowest BCUT2D eigenvalue weighted by Gasteiger charge is -2.21. The van der Waals surface area contributed by atoms with Gasteiger partial charge in [0.05, 0.1) is 6.54 Å². The van der Waals surface area contributed by atoms with Gasteiger partial charge in [0.1, 0.15) is 18.5 Å². The van der Waals surface area contributed by atoms with E-state index in [1.807, 2.05) is 48.5 Å². The Balaban J connectivity index is 1.46. The van der Waals surface area contributed by atoms with Gasteiger partial charge in [-0.05, 0) is 30.0 Å². The number of hydrogen-bond donors (Lipinski definition) is 1. The number of nitrogens with one attached hydrogen (secondary N) is 1. The van der Waals surface area contributed by atoms with Gasteiger partial charge in [0.25, 0.3) is 0 Å². The zero-order chi connectivity index (χ0) is 27.1. The summed E-state index contributed by atoms with van der Waals surface area (Å²) in [6.45, 7) is -0.211. The Kier molecular flexibility index (Phi) is 8.15. The number of carbonyl (C=O) groups is 2. The number of carbonyl (C=O) groups excluding carboxylic acids is 2. The molecule has 1 amide bonds. The van der Waals surface area contributed by atoms with E-state index in [-0.39, 0.29) is 43.2 Å². The van der Waals surface area contributed by atoms with Crippen molar-refractivity contribution in [2.45, 2.75) is 6.61 Å². The van der Waals surface area contributed by atoms with E-state index in [0.717, 1.165) is 16.3 Å². The number of nitriles is 1. The minimum atomic E-state index is -0.703. The predicted molar refractivity (Wildman–Crippen MR) is 140 cm³/mol. The van der Waals surface area contributed by atoms with Gasteiger partial charge in [0.15, 0.2) is 6.73 Å². The molecule has 2 aromatic carbocycles. The quantitative estimate of drug-likeness (QED) is 0.260. The average molecular weight is 515 g/mol. The molecule has 0 spiro atoms. The van der Waals surface area contributed by atoms with Crippen LogP contribution in [0.1, 0.15) is 11.3 Å². The highest BCUT2D eigenvalue weighted by molar-refractivity contribution is 5.95. The fourth-order valence-corrected chi connectivity index (χ4v) is 3.76. The van der Waals surface area contributed by atoms with Crippen LogP contribution < -0.4 is 15.1 Å². The van der Waals surface area contributed by atoms with E-state index in [1.54, 1.807) is 26.2 Å². The van der Waals surface area contributed by atoms with Gasteiger partial charge in [-0.25, -0.2) is 9.78 Å². The van der Waals surface area contributed by atoms with Crippen molar-refractivity contribution in [2.24, 2.45) is 0 Å². The van der Waals surface area contributed by atoms with Crippen LogP contribution in [0.2, 0.25) is 0 Å². The number of anilines is 2. The molecule has 0 saturated carbocycles. The van der Waals surface area contributed by atoms with Crippen LogP contribution >= 0.6 is 0 Å². The number of pyridine rings is 1. The molecular formula is C27H26N6O5. The van der Waals surface area contributed by atoms with Crippen LogP contribution in [-0.2, 0) is 20.9 Å². The molecule has 0 aliphatic heterocycles. The van der Waals surface area contributed by atoms with Crippen LogP contribution in [0, 0.1) is 11.3 Å². The second-order valence-electron chi connectivity index (χ2n) is 8.28. The van der Waals surface area contributed by atoms with Crippen LogP contribution in [0.3, 0.4) is 0 Å². The lowest BCUT2D eigenvalue weighted by atomic mass is 10.0. The zero-order valence-electron chi connectivity index (χ0n) is 21.2. The number of oxazole rings is 1. The summed E-state index contributed by atoms with van der Waals surface area (Å²) in [5.74, 6) is 0.306. The SMILES string of the molecule is CNCC(=O)OCc1cccnc1N(C)C(=O)OCN(C)c1oc(-c2cccc3ccccc23)nc1C#N. The van der Waals surface area contributed by atoms with E-state index in [4.69, 9.17) is 13.9 Å². The van der Waals surface area contributed by atoms with Crippen LogP contribution in [0.15, 0.2) is 65.2 Å². The third-order valence-electron chi connectivity index (χ3n) is 5.63. The number of rotatable bonds is 9. The third kappa shape index (κ3) is 5.71. The van der Waals surface area contributed by atoms with Gasteiger partial charge >= 0.3 is 12.1 Å². The number of likely N-dealkylation sites (N-methyl/N-ethyl adjacent to an activating group) is 1. The Labute approximate surface area is 219 Å². The van der Waals surface area contributed by atoms with E-state index in [1.165, 1.54) is 23.0 Å². The van der Waals surface area contributed by atoms with E-state index < -0.39 is 12.1 Å². The van der Waals surface area contributed by atoms with E-state index >= 15 is 0 Å². The molecule has 11 nitrogen and oxygen atoms in total. The molecule has 0 radical (unpaired) electrons. The van der Waals surface area contributed by atoms with Gasteiger partial charge in [0, 0.05) is 31.4 Å². The summed E-state index contributed by atoms with van der Waals surface area (Å²) in [4.78, 5) is 35.8. The van der Waals surface area contributed by atoms with E-state index in [2.05, 4.69) is 15.3 Å². The Morgan fingerprint density at radius 1 is 1.08 bits per heavy atom. The fraction of sp³-hybridized carbons (Fsp3) is 0.222. The summed E-state index contributed by atoms with van der Waals surface area (Å²) in [6.07, 6.45) is 0.817. The highest BCUT2D eigenvalue weighted by atomic mass is 16.6. The maximum absolute atomic E-state index is 12.8. The molecule has 4 rings (SSSR count). The molecule has 0 atom stereocenters. The second-order valence-corrected chi connectivity index (χ2v) is 8.28. The summed E-state index contributed by atoms with van der Waals surface area (Å²) in [6, 6.07) is 19.0. The second kappa shape index (κ2) is 11.9. The van der Waals surface area contributed by atoms with E-state index in [9.17, 15) is 14.9 Å². The number of fused-ring (bicyclic) bond motifs is 1. The van der Waals surface area contributed by atoms with Crippen LogP contribution in [-0.4, -0.2) is 56.4 Å². The summed E-state index contributed by atoms with van der Waals surface area (Å²) < 4.78 is 16.6. The molecule has 38 heavy (non-hydrogen) atoms. The number of amides is 1. The van der Waals surface area contributed by atoms with Crippen molar-refractivity contribution in [3.63, 3.8) is 0 Å². The molecule has 4 aromatic rings. The van der Waals surface area contributed by atoms with Gasteiger partial charge in [-0.3, -0.25) is 9.69 Å². The van der Waals surface area contributed by atoms with Crippen molar-refractivity contribution in [3.8, 4) is 17.5 Å². The van der Waals surface area contributed by atoms with Crippen LogP contribution in [0.4, 0.5) is 16.5 Å². The number of ether oxygens (including phenoxy) is 2. The van der Waals surface area contributed by atoms with Gasteiger partial charge < -0.3 is 24.1 Å².